The minimum absolute atomic E-state index is 0.0872. The lowest BCUT2D eigenvalue weighted by Gasteiger charge is -2.21. The van der Waals surface area contributed by atoms with Crippen LogP contribution in [0, 0.1) is 5.41 Å². The van der Waals surface area contributed by atoms with Crippen LogP contribution >= 0.6 is 15.9 Å². The van der Waals surface area contributed by atoms with Crippen LogP contribution in [-0.2, 0) is 6.42 Å². The van der Waals surface area contributed by atoms with Crippen LogP contribution in [-0.4, -0.2) is 19.4 Å². The predicted octanol–water partition coefficient (Wildman–Crippen LogP) is 3.41. The third-order valence-electron chi connectivity index (χ3n) is 3.25. The smallest absolute Gasteiger partial charge is 0.122 e. The number of nitrogens with zero attached hydrogens (tertiary/aromatic N) is 1. The van der Waals surface area contributed by atoms with Crippen LogP contribution in [0.25, 0.3) is 0 Å². The fraction of sp³-hybridized carbons (Fsp3) is 0.188. The van der Waals surface area contributed by atoms with Gasteiger partial charge in [0.15, 0.2) is 0 Å². The quantitative estimate of drug-likeness (QED) is 0.651. The molecule has 0 aromatic heterocycles. The lowest BCUT2D eigenvalue weighted by Crippen LogP contribution is -2.21. The van der Waals surface area contributed by atoms with Crippen LogP contribution < -0.4 is 10.6 Å². The highest BCUT2D eigenvalue weighted by molar-refractivity contribution is 9.10. The number of anilines is 1. The zero-order chi connectivity index (χ0) is 14.5. The number of nitrogen functional groups attached to an aromatic ring is 1. The fourth-order valence-corrected chi connectivity index (χ4v) is 2.73. The highest BCUT2D eigenvalue weighted by Gasteiger charge is 2.08. The summed E-state index contributed by atoms with van der Waals surface area (Å²) in [5.41, 5.74) is 8.66. The molecule has 0 fully saturated rings. The minimum atomic E-state index is 0.0872. The topological polar surface area (TPSA) is 53.1 Å². The molecule has 2 aromatic rings. The van der Waals surface area contributed by atoms with Gasteiger partial charge in [-0.2, -0.15) is 0 Å². The first-order valence-electron chi connectivity index (χ1n) is 6.47. The number of nitrogens with two attached hydrogens (primary N) is 1. The Kier molecular flexibility index (Phi) is 4.79. The summed E-state index contributed by atoms with van der Waals surface area (Å²) in [6.45, 7) is 0.933. The Hall–Kier alpha value is -1.81. The van der Waals surface area contributed by atoms with Crippen molar-refractivity contribution in [2.45, 2.75) is 6.42 Å². The molecular weight excluding hydrogens is 314 g/mol. The van der Waals surface area contributed by atoms with Crippen LogP contribution in [0.1, 0.15) is 11.1 Å². The minimum Gasteiger partial charge on any atom is -0.384 e. The van der Waals surface area contributed by atoms with Crippen LogP contribution in [0.2, 0.25) is 0 Å². The molecular formula is C16H18BrN3. The molecule has 0 aliphatic carbocycles. The summed E-state index contributed by atoms with van der Waals surface area (Å²) in [5.74, 6) is 0.0872. The molecule has 0 saturated carbocycles. The highest BCUT2D eigenvalue weighted by Crippen LogP contribution is 2.26. The van der Waals surface area contributed by atoms with E-state index in [2.05, 4.69) is 52.1 Å². The number of benzene rings is 2. The van der Waals surface area contributed by atoms with Crippen LogP contribution in [0.3, 0.4) is 0 Å². The Morgan fingerprint density at radius 1 is 1.20 bits per heavy atom. The van der Waals surface area contributed by atoms with Crippen molar-refractivity contribution < 1.29 is 0 Å². The van der Waals surface area contributed by atoms with Crippen LogP contribution in [0.5, 0.6) is 0 Å². The first-order chi connectivity index (χ1) is 9.58. The average Bonchev–Trinajstić information content (AvgIpc) is 2.45. The van der Waals surface area contributed by atoms with Crippen molar-refractivity contribution in [1.82, 2.24) is 0 Å². The average molecular weight is 332 g/mol. The van der Waals surface area contributed by atoms with E-state index in [0.29, 0.717) is 0 Å². The van der Waals surface area contributed by atoms with Gasteiger partial charge in [-0.1, -0.05) is 30.3 Å². The Bertz CT molecular complexity index is 596. The maximum Gasteiger partial charge on any atom is 0.122 e. The zero-order valence-electron chi connectivity index (χ0n) is 11.4. The third kappa shape index (κ3) is 3.61. The Morgan fingerprint density at radius 2 is 1.90 bits per heavy atom. The number of likely N-dealkylation sites (N-methyl/N-ethyl adjacent to an activating group) is 1. The van der Waals surface area contributed by atoms with Gasteiger partial charge in [0.1, 0.15) is 5.84 Å². The van der Waals surface area contributed by atoms with Crippen molar-refractivity contribution >= 4 is 27.5 Å². The third-order valence-corrected chi connectivity index (χ3v) is 3.88. The van der Waals surface area contributed by atoms with Gasteiger partial charge in [-0.05, 0) is 46.1 Å². The normalized spacial score (nSPS) is 10.3. The largest absolute Gasteiger partial charge is 0.384 e. The van der Waals surface area contributed by atoms with Crippen molar-refractivity contribution in [3.8, 4) is 0 Å². The molecule has 0 atom stereocenters. The maximum atomic E-state index is 7.45. The van der Waals surface area contributed by atoms with E-state index in [9.17, 15) is 0 Å². The second kappa shape index (κ2) is 6.57. The van der Waals surface area contributed by atoms with Gasteiger partial charge in [0.2, 0.25) is 0 Å². The second-order valence-electron chi connectivity index (χ2n) is 4.74. The first-order valence-corrected chi connectivity index (χ1v) is 7.26. The van der Waals surface area contributed by atoms with Gasteiger partial charge in [-0.15, -0.1) is 0 Å². The molecule has 3 N–H and O–H groups in total. The first kappa shape index (κ1) is 14.6. The number of hydrogen-bond acceptors (Lipinski definition) is 2. The molecule has 0 unspecified atom stereocenters. The summed E-state index contributed by atoms with van der Waals surface area (Å²) in [7, 11) is 2.07. The summed E-state index contributed by atoms with van der Waals surface area (Å²) >= 11 is 3.55. The molecule has 3 nitrogen and oxygen atoms in total. The molecule has 0 bridgehead atoms. The van der Waals surface area contributed by atoms with Crippen LogP contribution in [0.15, 0.2) is 53.0 Å². The van der Waals surface area contributed by atoms with Gasteiger partial charge < -0.3 is 10.6 Å². The van der Waals surface area contributed by atoms with Gasteiger partial charge in [0.25, 0.3) is 0 Å². The van der Waals surface area contributed by atoms with Crippen molar-refractivity contribution in [3.63, 3.8) is 0 Å². The predicted molar refractivity (Wildman–Crippen MR) is 88.6 cm³/mol. The molecule has 0 amide bonds. The SMILES string of the molecule is CN(CCc1ccccc1)c1ccc(C(=N)N)cc1Br. The van der Waals surface area contributed by atoms with Gasteiger partial charge in [0, 0.05) is 23.6 Å². The number of amidine groups is 1. The van der Waals surface area contributed by atoms with E-state index in [1.54, 1.807) is 0 Å². The standard InChI is InChI=1S/C16H18BrN3/c1-20(10-9-12-5-3-2-4-6-12)15-8-7-13(16(18)19)11-14(15)17/h2-8,11H,9-10H2,1H3,(H3,18,19). The van der Waals surface area contributed by atoms with Crippen molar-refractivity contribution in [2.75, 3.05) is 18.5 Å². The van der Waals surface area contributed by atoms with Gasteiger partial charge >= 0.3 is 0 Å². The van der Waals surface area contributed by atoms with E-state index in [4.69, 9.17) is 11.1 Å². The highest BCUT2D eigenvalue weighted by atomic mass is 79.9. The molecule has 0 saturated heterocycles. The fourth-order valence-electron chi connectivity index (χ4n) is 2.05. The van der Waals surface area contributed by atoms with Gasteiger partial charge in [0.05, 0.1) is 5.69 Å². The van der Waals surface area contributed by atoms with E-state index in [0.717, 1.165) is 28.7 Å². The number of halogens is 1. The van der Waals surface area contributed by atoms with Crippen molar-refractivity contribution in [1.29, 1.82) is 5.41 Å². The van der Waals surface area contributed by atoms with E-state index in [-0.39, 0.29) is 5.84 Å². The molecule has 0 heterocycles. The number of nitrogens with one attached hydrogen (secondary N) is 1. The molecule has 2 aromatic carbocycles. The van der Waals surface area contributed by atoms with E-state index in [1.165, 1.54) is 5.56 Å². The van der Waals surface area contributed by atoms with Crippen molar-refractivity contribution in [3.05, 3.63) is 64.1 Å². The molecule has 2 rings (SSSR count). The Balaban J connectivity index is 2.06. The molecule has 0 radical (unpaired) electrons. The van der Waals surface area contributed by atoms with E-state index < -0.39 is 0 Å². The Labute approximate surface area is 128 Å². The maximum absolute atomic E-state index is 7.45. The van der Waals surface area contributed by atoms with Crippen molar-refractivity contribution in [2.24, 2.45) is 5.73 Å². The summed E-state index contributed by atoms with van der Waals surface area (Å²) in [4.78, 5) is 2.20. The number of hydrogen-bond donors (Lipinski definition) is 2. The second-order valence-corrected chi connectivity index (χ2v) is 5.59. The van der Waals surface area contributed by atoms with Gasteiger partial charge in [-0.3, -0.25) is 5.41 Å². The van der Waals surface area contributed by atoms with E-state index in [1.807, 2.05) is 24.3 Å². The lowest BCUT2D eigenvalue weighted by atomic mass is 10.1. The molecule has 20 heavy (non-hydrogen) atoms. The summed E-state index contributed by atoms with van der Waals surface area (Å²) in [6, 6.07) is 16.2. The molecule has 0 spiro atoms. The number of rotatable bonds is 5. The molecule has 0 aliphatic rings. The molecule has 104 valence electrons. The van der Waals surface area contributed by atoms with E-state index >= 15 is 0 Å². The van der Waals surface area contributed by atoms with Gasteiger partial charge in [-0.25, -0.2) is 0 Å². The molecule has 4 heteroatoms. The Morgan fingerprint density at radius 3 is 2.50 bits per heavy atom. The summed E-state index contributed by atoms with van der Waals surface area (Å²) in [5, 5.41) is 7.45. The molecule has 0 aliphatic heterocycles. The zero-order valence-corrected chi connectivity index (χ0v) is 13.0. The summed E-state index contributed by atoms with van der Waals surface area (Å²) < 4.78 is 0.959. The van der Waals surface area contributed by atoms with Crippen LogP contribution in [0.4, 0.5) is 5.69 Å². The monoisotopic (exact) mass is 331 g/mol. The summed E-state index contributed by atoms with van der Waals surface area (Å²) in [6.07, 6.45) is 0.998. The lowest BCUT2D eigenvalue weighted by molar-refractivity contribution is 0.874.